The van der Waals surface area contributed by atoms with Gasteiger partial charge in [-0.15, -0.1) is 0 Å². The lowest BCUT2D eigenvalue weighted by Crippen LogP contribution is -2.54. The summed E-state index contributed by atoms with van der Waals surface area (Å²) in [6.45, 7) is 4.34. The third-order valence-corrected chi connectivity index (χ3v) is 5.62. The van der Waals surface area contributed by atoms with Crippen molar-refractivity contribution in [2.45, 2.75) is 24.6 Å². The number of urea groups is 1. The van der Waals surface area contributed by atoms with Crippen LogP contribution in [0.4, 0.5) is 4.79 Å². The summed E-state index contributed by atoms with van der Waals surface area (Å²) in [5.41, 5.74) is 0. The van der Waals surface area contributed by atoms with Gasteiger partial charge in [0.2, 0.25) is 0 Å². The summed E-state index contributed by atoms with van der Waals surface area (Å²) >= 11 is 3.62. The minimum atomic E-state index is -0.826. The predicted octanol–water partition coefficient (Wildman–Crippen LogP) is 1.44. The van der Waals surface area contributed by atoms with Gasteiger partial charge in [-0.05, 0) is 0 Å². The number of carbonyl (C=O) groups excluding carboxylic acids is 1. The van der Waals surface area contributed by atoms with Crippen LogP contribution in [0.15, 0.2) is 0 Å². The van der Waals surface area contributed by atoms with Gasteiger partial charge in [-0.1, -0.05) is 6.92 Å². The standard InChI is InChI=1S/C12H20N2O3S2/c1-9-7-13(2-5-19-9)12(17)14-3-4-18-8-10(14)6-11(15)16/h9-10H,2-8H2,1H3,(H,15,16). The Kier molecular flexibility index (Phi) is 5.27. The molecule has 2 amide bonds. The summed E-state index contributed by atoms with van der Waals surface area (Å²) in [6, 6.07) is -0.132. The van der Waals surface area contributed by atoms with Gasteiger partial charge in [-0.2, -0.15) is 23.5 Å². The minimum Gasteiger partial charge on any atom is -0.481 e. The second-order valence-electron chi connectivity index (χ2n) is 4.93. The molecule has 2 aliphatic heterocycles. The average molecular weight is 304 g/mol. The number of amides is 2. The molecule has 2 fully saturated rings. The van der Waals surface area contributed by atoms with Crippen LogP contribution in [0.2, 0.25) is 0 Å². The van der Waals surface area contributed by atoms with Crippen molar-refractivity contribution >= 4 is 35.5 Å². The number of carbonyl (C=O) groups is 2. The summed E-state index contributed by atoms with van der Waals surface area (Å²) in [5, 5.41) is 9.42. The van der Waals surface area contributed by atoms with Gasteiger partial charge in [0.05, 0.1) is 12.5 Å². The molecule has 0 saturated carbocycles. The first-order valence-corrected chi connectivity index (χ1v) is 8.75. The Bertz CT molecular complexity index is 354. The first-order valence-electron chi connectivity index (χ1n) is 6.54. The molecule has 1 N–H and O–H groups in total. The number of hydrogen-bond acceptors (Lipinski definition) is 4. The Morgan fingerprint density at radius 1 is 1.32 bits per heavy atom. The van der Waals surface area contributed by atoms with Gasteiger partial charge < -0.3 is 14.9 Å². The molecular weight excluding hydrogens is 284 g/mol. The molecule has 5 nitrogen and oxygen atoms in total. The van der Waals surface area contributed by atoms with E-state index in [1.807, 2.05) is 16.7 Å². The van der Waals surface area contributed by atoms with Gasteiger partial charge in [-0.3, -0.25) is 4.79 Å². The van der Waals surface area contributed by atoms with E-state index in [2.05, 4.69) is 6.92 Å². The number of rotatable bonds is 2. The number of nitrogens with zero attached hydrogens (tertiary/aromatic N) is 2. The van der Waals surface area contributed by atoms with Crippen molar-refractivity contribution in [1.29, 1.82) is 0 Å². The van der Waals surface area contributed by atoms with Crippen LogP contribution in [0.3, 0.4) is 0 Å². The van der Waals surface area contributed by atoms with E-state index < -0.39 is 5.97 Å². The third kappa shape index (κ3) is 3.95. The van der Waals surface area contributed by atoms with Gasteiger partial charge >= 0.3 is 12.0 Å². The first-order chi connectivity index (χ1) is 9.08. The van der Waals surface area contributed by atoms with Crippen molar-refractivity contribution in [2.75, 3.05) is 36.9 Å². The number of aliphatic carboxylic acids is 1. The monoisotopic (exact) mass is 304 g/mol. The van der Waals surface area contributed by atoms with E-state index in [0.29, 0.717) is 11.8 Å². The van der Waals surface area contributed by atoms with Gasteiger partial charge in [0.25, 0.3) is 0 Å². The van der Waals surface area contributed by atoms with Crippen LogP contribution in [0.25, 0.3) is 0 Å². The maximum absolute atomic E-state index is 12.5. The Hall–Kier alpha value is -0.560. The molecule has 2 heterocycles. The van der Waals surface area contributed by atoms with Gasteiger partial charge in [0.15, 0.2) is 0 Å². The van der Waals surface area contributed by atoms with Crippen LogP contribution in [-0.2, 0) is 4.79 Å². The highest BCUT2D eigenvalue weighted by Gasteiger charge is 2.33. The SMILES string of the molecule is CC1CN(C(=O)N2CCSCC2CC(=O)O)CCS1. The van der Waals surface area contributed by atoms with E-state index in [1.54, 1.807) is 16.7 Å². The first kappa shape index (κ1) is 14.8. The molecule has 2 atom stereocenters. The van der Waals surface area contributed by atoms with Gasteiger partial charge in [0, 0.05) is 42.1 Å². The van der Waals surface area contributed by atoms with E-state index in [0.717, 1.165) is 30.3 Å². The lowest BCUT2D eigenvalue weighted by Gasteiger charge is -2.40. The number of hydrogen-bond donors (Lipinski definition) is 1. The quantitative estimate of drug-likeness (QED) is 0.836. The van der Waals surface area contributed by atoms with Crippen LogP contribution in [0.5, 0.6) is 0 Å². The van der Waals surface area contributed by atoms with Crippen LogP contribution >= 0.6 is 23.5 Å². The van der Waals surface area contributed by atoms with Crippen LogP contribution in [-0.4, -0.2) is 75.1 Å². The zero-order chi connectivity index (χ0) is 13.8. The van der Waals surface area contributed by atoms with Gasteiger partial charge in [-0.25, -0.2) is 4.79 Å². The highest BCUT2D eigenvalue weighted by atomic mass is 32.2. The van der Waals surface area contributed by atoms with E-state index in [1.165, 1.54) is 0 Å². The Labute approximate surface area is 122 Å². The summed E-state index contributed by atoms with van der Waals surface area (Å²) < 4.78 is 0. The highest BCUT2D eigenvalue weighted by Crippen LogP contribution is 2.23. The minimum absolute atomic E-state index is 0.0266. The maximum Gasteiger partial charge on any atom is 0.320 e. The van der Waals surface area contributed by atoms with E-state index >= 15 is 0 Å². The smallest absolute Gasteiger partial charge is 0.320 e. The second-order valence-corrected chi connectivity index (χ2v) is 7.63. The Morgan fingerprint density at radius 2 is 2.11 bits per heavy atom. The molecule has 0 aromatic carbocycles. The fourth-order valence-corrected chi connectivity index (χ4v) is 4.53. The summed E-state index contributed by atoms with van der Waals surface area (Å²) in [5.74, 6) is 1.78. The number of carboxylic acids is 1. The lowest BCUT2D eigenvalue weighted by molar-refractivity contribution is -0.138. The van der Waals surface area contributed by atoms with Crippen LogP contribution in [0.1, 0.15) is 13.3 Å². The molecule has 2 saturated heterocycles. The molecule has 2 rings (SSSR count). The molecule has 108 valence electrons. The molecule has 7 heteroatoms. The van der Waals surface area contributed by atoms with Crippen molar-refractivity contribution in [2.24, 2.45) is 0 Å². The molecule has 0 radical (unpaired) electrons. The van der Waals surface area contributed by atoms with E-state index in [9.17, 15) is 9.59 Å². The molecule has 0 aromatic rings. The topological polar surface area (TPSA) is 60.9 Å². The van der Waals surface area contributed by atoms with Crippen molar-refractivity contribution in [3.8, 4) is 0 Å². The molecular formula is C12H20N2O3S2. The lowest BCUT2D eigenvalue weighted by atomic mass is 10.2. The van der Waals surface area contributed by atoms with Crippen molar-refractivity contribution in [3.05, 3.63) is 0 Å². The fourth-order valence-electron chi connectivity index (χ4n) is 2.45. The van der Waals surface area contributed by atoms with Crippen LogP contribution in [0, 0.1) is 0 Å². The maximum atomic E-state index is 12.5. The molecule has 0 spiro atoms. The second kappa shape index (κ2) is 6.74. The zero-order valence-electron chi connectivity index (χ0n) is 11.1. The zero-order valence-corrected chi connectivity index (χ0v) is 12.7. The Morgan fingerprint density at radius 3 is 2.79 bits per heavy atom. The largest absolute Gasteiger partial charge is 0.481 e. The summed E-state index contributed by atoms with van der Waals surface area (Å²) in [6.07, 6.45) is 0.0525. The molecule has 0 aromatic heterocycles. The van der Waals surface area contributed by atoms with Crippen LogP contribution < -0.4 is 0 Å². The van der Waals surface area contributed by atoms with Gasteiger partial charge in [0.1, 0.15) is 0 Å². The Balaban J connectivity index is 2.00. The normalized spacial score (nSPS) is 28.3. The van der Waals surface area contributed by atoms with Crippen molar-refractivity contribution < 1.29 is 14.7 Å². The highest BCUT2D eigenvalue weighted by molar-refractivity contribution is 8.00. The van der Waals surface area contributed by atoms with Crippen molar-refractivity contribution in [3.63, 3.8) is 0 Å². The third-order valence-electron chi connectivity index (χ3n) is 3.40. The summed E-state index contributed by atoms with van der Waals surface area (Å²) in [7, 11) is 0. The van der Waals surface area contributed by atoms with Crippen molar-refractivity contribution in [1.82, 2.24) is 9.80 Å². The average Bonchev–Trinajstić information content (AvgIpc) is 2.38. The van der Waals surface area contributed by atoms with E-state index in [4.69, 9.17) is 5.11 Å². The molecule has 0 aliphatic carbocycles. The molecule has 2 unspecified atom stereocenters. The molecule has 2 aliphatic rings. The fraction of sp³-hybridized carbons (Fsp3) is 0.833. The molecule has 19 heavy (non-hydrogen) atoms. The molecule has 0 bridgehead atoms. The predicted molar refractivity (Wildman–Crippen MR) is 79.0 cm³/mol. The van der Waals surface area contributed by atoms with E-state index in [-0.39, 0.29) is 18.5 Å². The summed E-state index contributed by atoms with van der Waals surface area (Å²) in [4.78, 5) is 27.1. The number of carboxylic acid groups (broad SMARTS) is 1. The number of thioether (sulfide) groups is 2.